The smallest absolute Gasteiger partial charge is 0.410 e. The van der Waals surface area contributed by atoms with Crippen LogP contribution in [-0.4, -0.2) is 47.0 Å². The average Bonchev–Trinajstić information content (AvgIpc) is 3.21. The highest BCUT2D eigenvalue weighted by molar-refractivity contribution is 6.36. The third-order valence-electron chi connectivity index (χ3n) is 5.58. The molecule has 3 heterocycles. The Morgan fingerprint density at radius 3 is 2.53 bits per heavy atom. The van der Waals surface area contributed by atoms with Crippen molar-refractivity contribution in [3.05, 3.63) is 41.7 Å². The zero-order valence-corrected chi connectivity index (χ0v) is 17.3. The maximum absolute atomic E-state index is 13.9. The van der Waals surface area contributed by atoms with Crippen molar-refractivity contribution in [1.82, 2.24) is 9.78 Å². The molecule has 0 fully saturated rings. The fourth-order valence-corrected chi connectivity index (χ4v) is 3.91. The zero-order valence-electron chi connectivity index (χ0n) is 17.3. The molecule has 32 heavy (non-hydrogen) atoms. The number of ether oxygens (including phenoxy) is 2. The summed E-state index contributed by atoms with van der Waals surface area (Å²) < 4.78 is 53.2. The van der Waals surface area contributed by atoms with Crippen LogP contribution < -0.4 is 14.8 Å². The maximum Gasteiger partial charge on any atom is 0.410 e. The number of rotatable bonds is 5. The molecule has 4 rings (SSSR count). The lowest BCUT2D eigenvalue weighted by Crippen LogP contribution is -2.35. The Hall–Kier alpha value is -3.50. The normalized spacial score (nSPS) is 20.5. The Labute approximate surface area is 181 Å². The van der Waals surface area contributed by atoms with E-state index in [2.05, 4.69) is 15.4 Å². The minimum absolute atomic E-state index is 0.0116. The monoisotopic (exact) mass is 450 g/mol. The van der Waals surface area contributed by atoms with Gasteiger partial charge in [-0.1, -0.05) is 6.07 Å². The highest BCUT2D eigenvalue weighted by atomic mass is 19.4. The van der Waals surface area contributed by atoms with Gasteiger partial charge < -0.3 is 19.9 Å². The first-order valence-electron chi connectivity index (χ1n) is 9.85. The number of carboxylic acids is 1. The standard InChI is InChI=1S/C21H21F3N4O4/c1-31-16-6-4-11(7-17(16)32-2)14-8-18(21(22,23)24)28-19(26-14)9-15(27-28)12-3-5-13(20(29)30)25-10-12/h4,6-7,9-10,14,18,26H,3,5,8H2,1-2H3,(H,29,30). The van der Waals surface area contributed by atoms with Crippen LogP contribution in [0.1, 0.15) is 42.6 Å². The number of methoxy groups -OCH3 is 2. The number of aliphatic imine (C=N–C) groups is 1. The van der Waals surface area contributed by atoms with E-state index in [1.165, 1.54) is 20.4 Å². The zero-order chi connectivity index (χ0) is 23.0. The van der Waals surface area contributed by atoms with Gasteiger partial charge in [-0.15, -0.1) is 0 Å². The Morgan fingerprint density at radius 1 is 1.19 bits per heavy atom. The number of nitrogens with one attached hydrogen (secondary N) is 1. The number of carbonyl (C=O) groups is 1. The number of aromatic nitrogens is 2. The van der Waals surface area contributed by atoms with Crippen molar-refractivity contribution in [1.29, 1.82) is 0 Å². The van der Waals surface area contributed by atoms with Crippen LogP contribution in [0.2, 0.25) is 0 Å². The van der Waals surface area contributed by atoms with E-state index in [9.17, 15) is 18.0 Å². The van der Waals surface area contributed by atoms with Crippen LogP contribution in [-0.2, 0) is 4.79 Å². The second kappa shape index (κ2) is 8.21. The van der Waals surface area contributed by atoms with Gasteiger partial charge in [-0.2, -0.15) is 18.3 Å². The summed E-state index contributed by atoms with van der Waals surface area (Å²) in [6.07, 6.45) is -2.89. The van der Waals surface area contributed by atoms with Crippen LogP contribution in [0.25, 0.3) is 5.57 Å². The van der Waals surface area contributed by atoms with Crippen molar-refractivity contribution >= 4 is 23.1 Å². The Kier molecular flexibility index (Phi) is 5.57. The molecule has 2 unspecified atom stereocenters. The van der Waals surface area contributed by atoms with Gasteiger partial charge in [-0.3, -0.25) is 4.99 Å². The average molecular weight is 450 g/mol. The highest BCUT2D eigenvalue weighted by Gasteiger charge is 2.46. The fraction of sp³-hybridized carbons (Fsp3) is 0.381. The first-order valence-corrected chi connectivity index (χ1v) is 9.85. The lowest BCUT2D eigenvalue weighted by atomic mass is 9.96. The van der Waals surface area contributed by atoms with Crippen molar-refractivity contribution in [3.63, 3.8) is 0 Å². The van der Waals surface area contributed by atoms with Gasteiger partial charge in [0.05, 0.1) is 26.0 Å². The SMILES string of the molecule is COc1ccc(C2CC(C(F)(F)F)n3nc(C4=CN=C(C(=O)O)CC4)cc3N2)cc1OC. The van der Waals surface area contributed by atoms with Gasteiger partial charge in [0.2, 0.25) is 0 Å². The van der Waals surface area contributed by atoms with Crippen LogP contribution in [0, 0.1) is 0 Å². The molecular weight excluding hydrogens is 429 g/mol. The van der Waals surface area contributed by atoms with Gasteiger partial charge in [0.25, 0.3) is 0 Å². The number of halogens is 3. The molecule has 0 radical (unpaired) electrons. The molecule has 170 valence electrons. The van der Waals surface area contributed by atoms with E-state index in [1.54, 1.807) is 24.3 Å². The summed E-state index contributed by atoms with van der Waals surface area (Å²) in [5.74, 6) is 0.0233. The molecule has 0 spiro atoms. The quantitative estimate of drug-likeness (QED) is 0.708. The van der Waals surface area contributed by atoms with E-state index in [4.69, 9.17) is 14.6 Å². The van der Waals surface area contributed by atoms with E-state index < -0.39 is 24.2 Å². The number of carboxylic acid groups (broad SMARTS) is 1. The summed E-state index contributed by atoms with van der Waals surface area (Å²) in [6.45, 7) is 0. The summed E-state index contributed by atoms with van der Waals surface area (Å²) in [6, 6.07) is 4.09. The molecule has 2 aromatic rings. The minimum Gasteiger partial charge on any atom is -0.493 e. The van der Waals surface area contributed by atoms with Gasteiger partial charge in [-0.25, -0.2) is 9.48 Å². The van der Waals surface area contributed by atoms with Gasteiger partial charge in [0.15, 0.2) is 17.5 Å². The molecule has 1 aromatic carbocycles. The van der Waals surface area contributed by atoms with E-state index in [1.807, 2.05) is 0 Å². The Bertz CT molecular complexity index is 1110. The first kappa shape index (κ1) is 21.7. The van der Waals surface area contributed by atoms with Crippen molar-refractivity contribution < 1.29 is 32.5 Å². The second-order valence-corrected chi connectivity index (χ2v) is 7.50. The second-order valence-electron chi connectivity index (χ2n) is 7.50. The van der Waals surface area contributed by atoms with Crippen LogP contribution in [0.3, 0.4) is 0 Å². The number of anilines is 1. The number of nitrogens with zero attached hydrogens (tertiary/aromatic N) is 3. The molecule has 0 saturated heterocycles. The van der Waals surface area contributed by atoms with Crippen LogP contribution >= 0.6 is 0 Å². The summed E-state index contributed by atoms with van der Waals surface area (Å²) in [4.78, 5) is 14.9. The largest absolute Gasteiger partial charge is 0.493 e. The van der Waals surface area contributed by atoms with Gasteiger partial charge in [-0.05, 0) is 29.7 Å². The molecule has 0 amide bonds. The molecule has 0 bridgehead atoms. The lowest BCUT2D eigenvalue weighted by Gasteiger charge is -2.33. The van der Waals surface area contributed by atoms with Crippen LogP contribution in [0.4, 0.5) is 19.0 Å². The molecule has 0 aliphatic carbocycles. The van der Waals surface area contributed by atoms with E-state index in [0.29, 0.717) is 34.8 Å². The summed E-state index contributed by atoms with van der Waals surface area (Å²) in [7, 11) is 2.95. The number of aliphatic carboxylic acids is 1. The first-order chi connectivity index (χ1) is 15.2. The number of alkyl halides is 3. The number of benzene rings is 1. The van der Waals surface area contributed by atoms with Crippen LogP contribution in [0.5, 0.6) is 11.5 Å². The number of hydrogen-bond acceptors (Lipinski definition) is 6. The Balaban J connectivity index is 1.70. The molecule has 2 aliphatic rings. The van der Waals surface area contributed by atoms with Gasteiger partial charge in [0.1, 0.15) is 11.5 Å². The lowest BCUT2D eigenvalue weighted by molar-refractivity contribution is -0.173. The highest BCUT2D eigenvalue weighted by Crippen LogP contribution is 2.45. The van der Waals surface area contributed by atoms with E-state index >= 15 is 0 Å². The van der Waals surface area contributed by atoms with Gasteiger partial charge in [0, 0.05) is 25.1 Å². The summed E-state index contributed by atoms with van der Waals surface area (Å²) >= 11 is 0. The fourth-order valence-electron chi connectivity index (χ4n) is 3.91. The third-order valence-corrected chi connectivity index (χ3v) is 5.58. The summed E-state index contributed by atoms with van der Waals surface area (Å²) in [5, 5.41) is 16.4. The maximum atomic E-state index is 13.9. The summed E-state index contributed by atoms with van der Waals surface area (Å²) in [5.41, 5.74) is 1.56. The van der Waals surface area contributed by atoms with Crippen molar-refractivity contribution in [2.75, 3.05) is 19.5 Å². The molecule has 2 N–H and O–H groups in total. The molecule has 8 nitrogen and oxygen atoms in total. The number of fused-ring (bicyclic) bond motifs is 1. The molecule has 0 saturated carbocycles. The topological polar surface area (TPSA) is 98.0 Å². The Morgan fingerprint density at radius 2 is 1.94 bits per heavy atom. The molecular formula is C21H21F3N4O4. The molecule has 2 atom stereocenters. The van der Waals surface area contributed by atoms with E-state index in [-0.39, 0.29) is 24.4 Å². The van der Waals surface area contributed by atoms with Crippen molar-refractivity contribution in [2.45, 2.75) is 37.5 Å². The number of hydrogen-bond donors (Lipinski definition) is 2. The van der Waals surface area contributed by atoms with E-state index in [0.717, 1.165) is 4.68 Å². The van der Waals surface area contributed by atoms with Crippen LogP contribution in [0.15, 0.2) is 35.5 Å². The predicted molar refractivity (Wildman–Crippen MR) is 110 cm³/mol. The minimum atomic E-state index is -4.51. The van der Waals surface area contributed by atoms with Gasteiger partial charge >= 0.3 is 12.1 Å². The molecule has 1 aromatic heterocycles. The molecule has 11 heteroatoms. The number of allylic oxidation sites excluding steroid dienone is 1. The molecule has 2 aliphatic heterocycles. The van der Waals surface area contributed by atoms with Crippen molar-refractivity contribution in [2.24, 2.45) is 4.99 Å². The predicted octanol–water partition coefficient (Wildman–Crippen LogP) is 4.22. The third kappa shape index (κ3) is 4.02. The van der Waals surface area contributed by atoms with Crippen molar-refractivity contribution in [3.8, 4) is 11.5 Å².